The third-order valence-electron chi connectivity index (χ3n) is 4.97. The fraction of sp³-hybridized carbons (Fsp3) is 0.556. The number of hydrogen-bond acceptors (Lipinski definition) is 6. The quantitative estimate of drug-likeness (QED) is 0.743. The highest BCUT2D eigenvalue weighted by atomic mass is 32.1. The van der Waals surface area contributed by atoms with Crippen molar-refractivity contribution in [3.8, 4) is 5.88 Å². The summed E-state index contributed by atoms with van der Waals surface area (Å²) in [4.78, 5) is 10.0. The third-order valence-corrected chi connectivity index (χ3v) is 7.11. The van der Waals surface area contributed by atoms with E-state index in [2.05, 4.69) is 47.2 Å². The number of nitrogens with zero attached hydrogens (tertiary/aromatic N) is 4. The highest BCUT2D eigenvalue weighted by molar-refractivity contribution is 7.17. The number of thiophene rings is 1. The summed E-state index contributed by atoms with van der Waals surface area (Å²) in [5, 5.41) is 17.4. The van der Waals surface area contributed by atoms with Crippen LogP contribution in [0.25, 0.3) is 4.96 Å². The van der Waals surface area contributed by atoms with Crippen LogP contribution in [0.3, 0.4) is 0 Å². The second-order valence-corrected chi connectivity index (χ2v) is 9.37. The van der Waals surface area contributed by atoms with Gasteiger partial charge < -0.3 is 5.11 Å². The molecule has 1 N–H and O–H groups in total. The van der Waals surface area contributed by atoms with Gasteiger partial charge in [0.25, 0.3) is 0 Å². The molecule has 0 amide bonds. The Kier molecular flexibility index (Phi) is 4.33. The zero-order valence-corrected chi connectivity index (χ0v) is 16.7. The summed E-state index contributed by atoms with van der Waals surface area (Å²) in [6.45, 7) is 10.8. The van der Waals surface area contributed by atoms with Gasteiger partial charge in [0.05, 0.1) is 10.9 Å². The van der Waals surface area contributed by atoms with Crippen molar-refractivity contribution in [2.75, 3.05) is 13.1 Å². The van der Waals surface area contributed by atoms with E-state index in [0.29, 0.717) is 17.7 Å². The minimum absolute atomic E-state index is 0.0824. The van der Waals surface area contributed by atoms with Crippen molar-refractivity contribution in [2.24, 2.45) is 11.8 Å². The smallest absolute Gasteiger partial charge is 0.230 e. The van der Waals surface area contributed by atoms with Crippen LogP contribution in [-0.4, -0.2) is 37.7 Å². The molecule has 0 bridgehead atoms. The van der Waals surface area contributed by atoms with Gasteiger partial charge >= 0.3 is 0 Å². The van der Waals surface area contributed by atoms with Crippen LogP contribution in [0.5, 0.6) is 5.88 Å². The zero-order chi connectivity index (χ0) is 17.7. The van der Waals surface area contributed by atoms with Gasteiger partial charge in [-0.2, -0.15) is 4.52 Å². The monoisotopic (exact) mass is 376 g/mol. The summed E-state index contributed by atoms with van der Waals surface area (Å²) in [6.07, 6.45) is 1.27. The average molecular weight is 377 g/mol. The minimum Gasteiger partial charge on any atom is -0.492 e. The third kappa shape index (κ3) is 2.98. The molecule has 5 nitrogen and oxygen atoms in total. The first-order chi connectivity index (χ1) is 11.9. The van der Waals surface area contributed by atoms with Crippen LogP contribution in [0.1, 0.15) is 47.5 Å². The summed E-state index contributed by atoms with van der Waals surface area (Å²) in [6, 6.07) is 2.25. The Morgan fingerprint density at radius 2 is 1.92 bits per heavy atom. The summed E-state index contributed by atoms with van der Waals surface area (Å²) in [7, 11) is 0. The van der Waals surface area contributed by atoms with Gasteiger partial charge in [-0.3, -0.25) is 4.90 Å². The van der Waals surface area contributed by atoms with E-state index in [9.17, 15) is 5.11 Å². The van der Waals surface area contributed by atoms with E-state index in [1.807, 2.05) is 6.92 Å². The van der Waals surface area contributed by atoms with Gasteiger partial charge in [-0.05, 0) is 49.1 Å². The molecule has 134 valence electrons. The van der Waals surface area contributed by atoms with Gasteiger partial charge in [0, 0.05) is 18.0 Å². The molecule has 1 fully saturated rings. The van der Waals surface area contributed by atoms with Crippen LogP contribution in [0, 0.1) is 25.7 Å². The molecule has 1 saturated heterocycles. The molecule has 1 aliphatic rings. The first kappa shape index (κ1) is 17.0. The van der Waals surface area contributed by atoms with Crippen LogP contribution < -0.4 is 0 Å². The van der Waals surface area contributed by atoms with E-state index in [-0.39, 0.29) is 11.9 Å². The molecule has 7 heteroatoms. The Bertz CT molecular complexity index is 886. The molecular weight excluding hydrogens is 352 g/mol. The lowest BCUT2D eigenvalue weighted by atomic mass is 9.90. The molecular formula is C18H24N4OS2. The Balaban J connectivity index is 1.83. The van der Waals surface area contributed by atoms with E-state index in [1.54, 1.807) is 27.2 Å². The Morgan fingerprint density at radius 1 is 1.20 bits per heavy atom. The molecule has 1 aliphatic heterocycles. The maximum atomic E-state index is 10.9. The van der Waals surface area contributed by atoms with Gasteiger partial charge in [-0.1, -0.05) is 25.2 Å². The summed E-state index contributed by atoms with van der Waals surface area (Å²) < 4.78 is 1.59. The van der Waals surface area contributed by atoms with E-state index in [4.69, 9.17) is 0 Å². The standard InChI is InChI=1S/C18H24N4OS2/c1-10-7-11(2)9-21(8-10)14(15-12(3)5-6-24-15)16-17(23)22-18(25-16)19-13(4)20-22/h5-6,10-11,14,23H,7-9H2,1-4H3/t10-,11+,14-/m0/s1. The van der Waals surface area contributed by atoms with Crippen molar-refractivity contribution in [3.63, 3.8) is 0 Å². The molecule has 25 heavy (non-hydrogen) atoms. The van der Waals surface area contributed by atoms with Crippen LogP contribution in [0.4, 0.5) is 0 Å². The molecule has 3 atom stereocenters. The van der Waals surface area contributed by atoms with E-state index < -0.39 is 0 Å². The lowest BCUT2D eigenvalue weighted by Gasteiger charge is -2.39. The van der Waals surface area contributed by atoms with E-state index >= 15 is 0 Å². The van der Waals surface area contributed by atoms with Crippen molar-refractivity contribution in [2.45, 2.75) is 40.2 Å². The maximum Gasteiger partial charge on any atom is 0.230 e. The Labute approximate surface area is 155 Å². The largest absolute Gasteiger partial charge is 0.492 e. The summed E-state index contributed by atoms with van der Waals surface area (Å²) >= 11 is 3.34. The first-order valence-corrected chi connectivity index (χ1v) is 10.5. The number of hydrogen-bond donors (Lipinski definition) is 1. The van der Waals surface area contributed by atoms with Gasteiger partial charge in [-0.25, -0.2) is 4.98 Å². The predicted molar refractivity (Wildman–Crippen MR) is 103 cm³/mol. The van der Waals surface area contributed by atoms with Crippen molar-refractivity contribution < 1.29 is 5.11 Å². The maximum absolute atomic E-state index is 10.9. The molecule has 0 radical (unpaired) electrons. The number of piperidine rings is 1. The zero-order valence-electron chi connectivity index (χ0n) is 15.1. The van der Waals surface area contributed by atoms with Crippen molar-refractivity contribution in [3.05, 3.63) is 32.6 Å². The van der Waals surface area contributed by atoms with Gasteiger partial charge in [-0.15, -0.1) is 16.4 Å². The molecule has 3 aromatic heterocycles. The molecule has 0 saturated carbocycles. The molecule has 0 unspecified atom stereocenters. The minimum atomic E-state index is 0.0824. The topological polar surface area (TPSA) is 53.7 Å². The molecule has 0 aliphatic carbocycles. The number of likely N-dealkylation sites (tertiary alicyclic amines) is 1. The highest BCUT2D eigenvalue weighted by Crippen LogP contribution is 2.44. The van der Waals surface area contributed by atoms with Crippen molar-refractivity contribution >= 4 is 27.6 Å². The number of thiazole rings is 1. The van der Waals surface area contributed by atoms with Crippen LogP contribution in [0.15, 0.2) is 11.4 Å². The van der Waals surface area contributed by atoms with Gasteiger partial charge in [0.15, 0.2) is 0 Å². The summed E-state index contributed by atoms with van der Waals surface area (Å²) in [5.41, 5.74) is 1.29. The fourth-order valence-electron chi connectivity index (χ4n) is 4.06. The number of aryl methyl sites for hydroxylation is 2. The molecule has 0 spiro atoms. The lowest BCUT2D eigenvalue weighted by Crippen LogP contribution is -2.41. The lowest BCUT2D eigenvalue weighted by molar-refractivity contribution is 0.113. The van der Waals surface area contributed by atoms with Crippen LogP contribution in [-0.2, 0) is 0 Å². The first-order valence-electron chi connectivity index (χ1n) is 8.77. The molecule has 0 aromatic carbocycles. The van der Waals surface area contributed by atoms with Crippen molar-refractivity contribution in [1.29, 1.82) is 0 Å². The highest BCUT2D eigenvalue weighted by Gasteiger charge is 2.34. The predicted octanol–water partition coefficient (Wildman–Crippen LogP) is 4.24. The summed E-state index contributed by atoms with van der Waals surface area (Å²) in [5.74, 6) is 2.26. The number of aromatic nitrogens is 3. The van der Waals surface area contributed by atoms with Crippen molar-refractivity contribution in [1.82, 2.24) is 19.5 Å². The van der Waals surface area contributed by atoms with Gasteiger partial charge in [0.2, 0.25) is 10.8 Å². The average Bonchev–Trinajstić information content (AvgIpc) is 3.18. The van der Waals surface area contributed by atoms with E-state index in [1.165, 1.54) is 16.9 Å². The normalized spacial score (nSPS) is 23.4. The van der Waals surface area contributed by atoms with E-state index in [0.717, 1.165) is 22.9 Å². The SMILES string of the molecule is Cc1nc2sc([C@H](c3sccc3C)N3C[C@H](C)C[C@H](C)C3)c(O)n2n1. The number of rotatable bonds is 3. The Morgan fingerprint density at radius 3 is 2.52 bits per heavy atom. The van der Waals surface area contributed by atoms with Crippen LogP contribution >= 0.6 is 22.7 Å². The van der Waals surface area contributed by atoms with Crippen LogP contribution in [0.2, 0.25) is 0 Å². The fourth-order valence-corrected chi connectivity index (χ4v) is 6.35. The molecule has 4 heterocycles. The number of aromatic hydroxyl groups is 1. The molecule has 4 rings (SSSR count). The Hall–Kier alpha value is -1.44. The molecule has 3 aromatic rings. The number of fused-ring (bicyclic) bond motifs is 1. The second kappa shape index (κ2) is 6.37. The second-order valence-electron chi connectivity index (χ2n) is 7.41. The van der Waals surface area contributed by atoms with Gasteiger partial charge in [0.1, 0.15) is 5.82 Å².